The van der Waals surface area contributed by atoms with Crippen LogP contribution in [0.15, 0.2) is 78.9 Å². The van der Waals surface area contributed by atoms with Gasteiger partial charge >= 0.3 is 0 Å². The van der Waals surface area contributed by atoms with Crippen molar-refractivity contribution in [3.63, 3.8) is 0 Å². The highest BCUT2D eigenvalue weighted by Crippen LogP contribution is 2.21. The minimum absolute atomic E-state index is 0.113. The molecule has 0 heterocycles. The molecular formula is C22H18ClNO2S. The molecule has 3 rings (SSSR count). The molecule has 0 saturated carbocycles. The molecule has 0 aliphatic carbocycles. The van der Waals surface area contributed by atoms with E-state index in [1.54, 1.807) is 36.4 Å². The summed E-state index contributed by atoms with van der Waals surface area (Å²) >= 11 is 7.47. The molecule has 0 fully saturated rings. The maximum atomic E-state index is 12.7. The van der Waals surface area contributed by atoms with Gasteiger partial charge in [-0.2, -0.15) is 0 Å². The first-order valence-corrected chi connectivity index (χ1v) is 9.97. The van der Waals surface area contributed by atoms with Crippen molar-refractivity contribution >= 4 is 40.7 Å². The summed E-state index contributed by atoms with van der Waals surface area (Å²) in [5.74, 6) is 0.729. The number of para-hydroxylation sites is 1. The van der Waals surface area contributed by atoms with E-state index in [2.05, 4.69) is 5.32 Å². The van der Waals surface area contributed by atoms with Crippen LogP contribution in [0, 0.1) is 0 Å². The maximum Gasteiger partial charge on any atom is 0.234 e. The molecule has 0 aromatic heterocycles. The Morgan fingerprint density at radius 2 is 1.63 bits per heavy atom. The second kappa shape index (κ2) is 9.40. The van der Waals surface area contributed by atoms with Gasteiger partial charge in [0.1, 0.15) is 0 Å². The van der Waals surface area contributed by atoms with Crippen LogP contribution < -0.4 is 5.32 Å². The molecule has 0 atom stereocenters. The molecule has 3 aromatic carbocycles. The van der Waals surface area contributed by atoms with Gasteiger partial charge < -0.3 is 5.32 Å². The van der Waals surface area contributed by atoms with E-state index in [0.29, 0.717) is 33.3 Å². The largest absolute Gasteiger partial charge is 0.325 e. The van der Waals surface area contributed by atoms with E-state index in [0.717, 1.165) is 5.56 Å². The third-order valence-electron chi connectivity index (χ3n) is 3.87. The lowest BCUT2D eigenvalue weighted by Gasteiger charge is -2.10. The minimum Gasteiger partial charge on any atom is -0.325 e. The number of carbonyl (C=O) groups is 2. The van der Waals surface area contributed by atoms with Gasteiger partial charge in [-0.25, -0.2) is 0 Å². The van der Waals surface area contributed by atoms with Crippen molar-refractivity contribution in [1.82, 2.24) is 0 Å². The Morgan fingerprint density at radius 1 is 0.889 bits per heavy atom. The summed E-state index contributed by atoms with van der Waals surface area (Å²) in [6, 6.07) is 23.7. The summed E-state index contributed by atoms with van der Waals surface area (Å²) in [7, 11) is 0. The van der Waals surface area contributed by atoms with Crippen LogP contribution in [0.25, 0.3) is 0 Å². The minimum atomic E-state index is -0.143. The topological polar surface area (TPSA) is 46.2 Å². The second-order valence-electron chi connectivity index (χ2n) is 5.91. The van der Waals surface area contributed by atoms with E-state index in [1.807, 2.05) is 42.5 Å². The van der Waals surface area contributed by atoms with Gasteiger partial charge in [-0.05, 0) is 29.8 Å². The Balaban J connectivity index is 1.62. The van der Waals surface area contributed by atoms with E-state index in [4.69, 9.17) is 11.6 Å². The Morgan fingerprint density at radius 3 is 2.41 bits per heavy atom. The zero-order chi connectivity index (χ0) is 19.1. The number of rotatable bonds is 7. The Kier molecular flexibility index (Phi) is 6.69. The monoisotopic (exact) mass is 395 g/mol. The van der Waals surface area contributed by atoms with Crippen LogP contribution in [0.5, 0.6) is 0 Å². The molecule has 1 amide bonds. The fourth-order valence-corrected chi connectivity index (χ4v) is 3.60. The summed E-state index contributed by atoms with van der Waals surface area (Å²) in [4.78, 5) is 25.0. The first-order valence-electron chi connectivity index (χ1n) is 8.44. The average Bonchev–Trinajstić information content (AvgIpc) is 2.69. The fourth-order valence-electron chi connectivity index (χ4n) is 2.61. The molecule has 3 nitrogen and oxygen atoms in total. The molecule has 0 radical (unpaired) electrons. The second-order valence-corrected chi connectivity index (χ2v) is 7.33. The molecule has 3 aromatic rings. The maximum absolute atomic E-state index is 12.7. The van der Waals surface area contributed by atoms with Crippen molar-refractivity contribution < 1.29 is 9.59 Å². The third kappa shape index (κ3) is 5.46. The molecule has 0 spiro atoms. The van der Waals surface area contributed by atoms with Crippen molar-refractivity contribution in [3.05, 3.63) is 101 Å². The lowest BCUT2D eigenvalue weighted by Crippen LogP contribution is -2.17. The number of thioether (sulfide) groups is 1. The van der Waals surface area contributed by atoms with E-state index in [9.17, 15) is 9.59 Å². The highest BCUT2D eigenvalue weighted by molar-refractivity contribution is 7.99. The summed E-state index contributed by atoms with van der Waals surface area (Å²) in [5, 5.41) is 3.54. The first-order chi connectivity index (χ1) is 13.1. The van der Waals surface area contributed by atoms with Crippen molar-refractivity contribution in [1.29, 1.82) is 0 Å². The van der Waals surface area contributed by atoms with Gasteiger partial charge in [0.2, 0.25) is 5.91 Å². The number of hydrogen-bond donors (Lipinski definition) is 1. The number of anilines is 1. The summed E-state index contributed by atoms with van der Waals surface area (Å²) in [6.45, 7) is 0. The smallest absolute Gasteiger partial charge is 0.234 e. The number of carbonyl (C=O) groups excluding carboxylic acids is 2. The van der Waals surface area contributed by atoms with Crippen LogP contribution in [0.4, 0.5) is 5.69 Å². The SMILES string of the molecule is O=C(CSCc1cccc(Cl)c1)Nc1ccccc1C(=O)c1ccccc1. The zero-order valence-electron chi connectivity index (χ0n) is 14.5. The quantitative estimate of drug-likeness (QED) is 0.541. The van der Waals surface area contributed by atoms with E-state index >= 15 is 0 Å². The molecule has 0 aliphatic heterocycles. The molecule has 0 unspecified atom stereocenters. The molecule has 0 saturated heterocycles. The highest BCUT2D eigenvalue weighted by Gasteiger charge is 2.14. The van der Waals surface area contributed by atoms with Gasteiger partial charge in [-0.3, -0.25) is 9.59 Å². The lowest BCUT2D eigenvalue weighted by molar-refractivity contribution is -0.113. The lowest BCUT2D eigenvalue weighted by atomic mass is 10.0. The van der Waals surface area contributed by atoms with Crippen LogP contribution in [0.2, 0.25) is 5.02 Å². The number of halogens is 1. The van der Waals surface area contributed by atoms with Gasteiger partial charge in [0.05, 0.1) is 11.4 Å². The van der Waals surface area contributed by atoms with E-state index in [1.165, 1.54) is 11.8 Å². The number of amides is 1. The first kappa shape index (κ1) is 19.2. The third-order valence-corrected chi connectivity index (χ3v) is 5.11. The van der Waals surface area contributed by atoms with Gasteiger partial charge in [0.15, 0.2) is 5.78 Å². The van der Waals surface area contributed by atoms with Crippen molar-refractivity contribution in [2.75, 3.05) is 11.1 Å². The molecule has 136 valence electrons. The highest BCUT2D eigenvalue weighted by atomic mass is 35.5. The zero-order valence-corrected chi connectivity index (χ0v) is 16.1. The van der Waals surface area contributed by atoms with Crippen LogP contribution >= 0.6 is 23.4 Å². The van der Waals surface area contributed by atoms with Crippen molar-refractivity contribution in [3.8, 4) is 0 Å². The predicted molar refractivity (Wildman–Crippen MR) is 113 cm³/mol. The molecule has 0 aliphatic rings. The number of hydrogen-bond acceptors (Lipinski definition) is 3. The number of ketones is 1. The van der Waals surface area contributed by atoms with Crippen LogP contribution in [-0.4, -0.2) is 17.4 Å². The molecular weight excluding hydrogens is 378 g/mol. The summed E-state index contributed by atoms with van der Waals surface area (Å²) < 4.78 is 0. The normalized spacial score (nSPS) is 10.4. The Hall–Kier alpha value is -2.56. The molecule has 5 heteroatoms. The molecule has 1 N–H and O–H groups in total. The fraction of sp³-hybridized carbons (Fsp3) is 0.0909. The Bertz CT molecular complexity index is 944. The summed E-state index contributed by atoms with van der Waals surface area (Å²) in [5.41, 5.74) is 2.67. The van der Waals surface area contributed by atoms with Crippen LogP contribution in [0.1, 0.15) is 21.5 Å². The van der Waals surface area contributed by atoms with E-state index in [-0.39, 0.29) is 11.7 Å². The standard InChI is InChI=1S/C22H18ClNO2S/c23-18-10-6-7-16(13-18)14-27-15-21(25)24-20-12-5-4-11-19(20)22(26)17-8-2-1-3-9-17/h1-13H,14-15H2,(H,24,25). The van der Waals surface area contributed by atoms with Crippen molar-refractivity contribution in [2.45, 2.75) is 5.75 Å². The summed E-state index contributed by atoms with van der Waals surface area (Å²) in [6.07, 6.45) is 0. The van der Waals surface area contributed by atoms with Crippen molar-refractivity contribution in [2.24, 2.45) is 0 Å². The van der Waals surface area contributed by atoms with Gasteiger partial charge in [0, 0.05) is 21.9 Å². The average molecular weight is 396 g/mol. The number of nitrogens with one attached hydrogen (secondary N) is 1. The Labute approximate surface area is 167 Å². The molecule has 0 bridgehead atoms. The number of benzene rings is 3. The van der Waals surface area contributed by atoms with Crippen LogP contribution in [-0.2, 0) is 10.5 Å². The van der Waals surface area contributed by atoms with Gasteiger partial charge in [-0.15, -0.1) is 11.8 Å². The van der Waals surface area contributed by atoms with E-state index < -0.39 is 0 Å². The van der Waals surface area contributed by atoms with Crippen LogP contribution in [0.3, 0.4) is 0 Å². The van der Waals surface area contributed by atoms with Gasteiger partial charge in [-0.1, -0.05) is 66.2 Å². The molecule has 27 heavy (non-hydrogen) atoms. The van der Waals surface area contributed by atoms with Gasteiger partial charge in [0.25, 0.3) is 0 Å². The predicted octanol–water partition coefficient (Wildman–Crippen LogP) is 5.44.